The summed E-state index contributed by atoms with van der Waals surface area (Å²) in [4.78, 5) is 6.88. The second kappa shape index (κ2) is 10.1. The molecule has 0 bridgehead atoms. The lowest BCUT2D eigenvalue weighted by molar-refractivity contribution is 0.0536. The Morgan fingerprint density at radius 1 is 1.22 bits per heavy atom. The number of ether oxygens (including phenoxy) is 2. The average Bonchev–Trinajstić information content (AvgIpc) is 3.02. The van der Waals surface area contributed by atoms with Crippen LogP contribution in [0.15, 0.2) is 4.99 Å². The van der Waals surface area contributed by atoms with Crippen molar-refractivity contribution < 1.29 is 9.47 Å². The van der Waals surface area contributed by atoms with Gasteiger partial charge in [-0.1, -0.05) is 26.2 Å². The summed E-state index contributed by atoms with van der Waals surface area (Å²) in [5, 5.41) is 3.62. The van der Waals surface area contributed by atoms with E-state index in [1.807, 2.05) is 7.05 Å². The molecule has 5 nitrogen and oxygen atoms in total. The monoisotopic (exact) mass is 325 g/mol. The summed E-state index contributed by atoms with van der Waals surface area (Å²) >= 11 is 0. The fraction of sp³-hybridized carbons (Fsp3) is 0.944. The first-order valence-electron chi connectivity index (χ1n) is 9.26. The van der Waals surface area contributed by atoms with E-state index in [-0.39, 0.29) is 0 Å². The predicted molar refractivity (Wildman–Crippen MR) is 94.9 cm³/mol. The van der Waals surface area contributed by atoms with Gasteiger partial charge in [0.25, 0.3) is 0 Å². The molecule has 0 aromatic rings. The van der Waals surface area contributed by atoms with Gasteiger partial charge in [0.15, 0.2) is 5.96 Å². The van der Waals surface area contributed by atoms with Crippen molar-refractivity contribution in [3.05, 3.63) is 0 Å². The highest BCUT2D eigenvalue weighted by atomic mass is 16.5. The van der Waals surface area contributed by atoms with Gasteiger partial charge in [-0.3, -0.25) is 4.99 Å². The molecule has 1 saturated heterocycles. The molecule has 1 aliphatic heterocycles. The number of rotatable bonds is 7. The van der Waals surface area contributed by atoms with Crippen LogP contribution >= 0.6 is 0 Å². The summed E-state index contributed by atoms with van der Waals surface area (Å²) in [7, 11) is 3.61. The third-order valence-corrected chi connectivity index (χ3v) is 5.39. The molecule has 0 amide bonds. The van der Waals surface area contributed by atoms with Crippen molar-refractivity contribution in [1.29, 1.82) is 0 Å². The van der Waals surface area contributed by atoms with Crippen molar-refractivity contribution in [3.63, 3.8) is 0 Å². The molecule has 134 valence electrons. The van der Waals surface area contributed by atoms with Crippen molar-refractivity contribution in [2.24, 2.45) is 22.7 Å². The topological polar surface area (TPSA) is 46.1 Å². The largest absolute Gasteiger partial charge is 0.382 e. The molecular weight excluding hydrogens is 290 g/mol. The van der Waals surface area contributed by atoms with E-state index in [2.05, 4.69) is 22.1 Å². The molecule has 2 fully saturated rings. The van der Waals surface area contributed by atoms with E-state index in [1.165, 1.54) is 32.1 Å². The van der Waals surface area contributed by atoms with Gasteiger partial charge in [0, 0.05) is 39.7 Å². The van der Waals surface area contributed by atoms with Gasteiger partial charge in [-0.05, 0) is 24.7 Å². The molecule has 3 unspecified atom stereocenters. The van der Waals surface area contributed by atoms with Crippen LogP contribution in [0.25, 0.3) is 0 Å². The van der Waals surface area contributed by atoms with Gasteiger partial charge in [0.05, 0.1) is 19.8 Å². The van der Waals surface area contributed by atoms with Gasteiger partial charge < -0.3 is 19.7 Å². The third-order valence-electron chi connectivity index (χ3n) is 5.39. The second-order valence-electron chi connectivity index (χ2n) is 7.12. The molecular formula is C18H35N3O2. The Kier molecular flexibility index (Phi) is 8.17. The van der Waals surface area contributed by atoms with E-state index in [0.29, 0.717) is 19.1 Å². The summed E-state index contributed by atoms with van der Waals surface area (Å²) in [5.74, 6) is 3.33. The van der Waals surface area contributed by atoms with Gasteiger partial charge in [0.1, 0.15) is 0 Å². The number of hydrogen-bond donors (Lipinski definition) is 1. The van der Waals surface area contributed by atoms with Gasteiger partial charge in [-0.15, -0.1) is 0 Å². The van der Waals surface area contributed by atoms with E-state index < -0.39 is 0 Å². The Balaban J connectivity index is 1.69. The van der Waals surface area contributed by atoms with Crippen LogP contribution in [0, 0.1) is 17.8 Å². The minimum Gasteiger partial charge on any atom is -0.382 e. The summed E-state index contributed by atoms with van der Waals surface area (Å²) in [6.45, 7) is 7.80. The predicted octanol–water partition coefficient (Wildman–Crippen LogP) is 2.37. The van der Waals surface area contributed by atoms with Crippen LogP contribution in [-0.4, -0.2) is 64.5 Å². The van der Waals surface area contributed by atoms with Gasteiger partial charge in [-0.25, -0.2) is 0 Å². The molecule has 1 heterocycles. The first kappa shape index (κ1) is 18.5. The maximum atomic E-state index is 5.68. The first-order chi connectivity index (χ1) is 11.2. The number of hydrogen-bond acceptors (Lipinski definition) is 3. The molecule has 1 aliphatic carbocycles. The molecule has 1 N–H and O–H groups in total. The minimum atomic E-state index is 0.610. The van der Waals surface area contributed by atoms with E-state index in [0.717, 1.165) is 44.0 Å². The SMILES string of the molecule is CN=C(NCC1CCCCC1C)N1CCC(COCCOC)C1. The highest BCUT2D eigenvalue weighted by molar-refractivity contribution is 5.80. The van der Waals surface area contributed by atoms with E-state index in [1.54, 1.807) is 7.11 Å². The smallest absolute Gasteiger partial charge is 0.193 e. The Hall–Kier alpha value is -0.810. The summed E-state index contributed by atoms with van der Waals surface area (Å²) in [6.07, 6.45) is 6.73. The molecule has 0 aromatic carbocycles. The maximum Gasteiger partial charge on any atom is 0.193 e. The molecule has 3 atom stereocenters. The van der Waals surface area contributed by atoms with Gasteiger partial charge >= 0.3 is 0 Å². The number of methoxy groups -OCH3 is 1. The fourth-order valence-corrected chi connectivity index (χ4v) is 3.80. The van der Waals surface area contributed by atoms with E-state index in [4.69, 9.17) is 9.47 Å². The maximum absolute atomic E-state index is 5.68. The van der Waals surface area contributed by atoms with Gasteiger partial charge in [-0.2, -0.15) is 0 Å². The fourth-order valence-electron chi connectivity index (χ4n) is 3.80. The summed E-state index contributed by atoms with van der Waals surface area (Å²) in [5.41, 5.74) is 0. The lowest BCUT2D eigenvalue weighted by Gasteiger charge is -2.30. The number of nitrogens with zero attached hydrogens (tertiary/aromatic N) is 2. The van der Waals surface area contributed by atoms with E-state index >= 15 is 0 Å². The minimum absolute atomic E-state index is 0.610. The lowest BCUT2D eigenvalue weighted by atomic mass is 9.80. The molecule has 0 aromatic heterocycles. The third kappa shape index (κ3) is 5.96. The Bertz CT molecular complexity index is 362. The van der Waals surface area contributed by atoms with Crippen molar-refractivity contribution in [2.45, 2.75) is 39.0 Å². The summed E-state index contributed by atoms with van der Waals surface area (Å²) in [6, 6.07) is 0. The second-order valence-corrected chi connectivity index (χ2v) is 7.12. The Labute approximate surface area is 141 Å². The van der Waals surface area contributed by atoms with Crippen molar-refractivity contribution in [3.8, 4) is 0 Å². The lowest BCUT2D eigenvalue weighted by Crippen LogP contribution is -2.43. The van der Waals surface area contributed by atoms with Crippen LogP contribution < -0.4 is 5.32 Å². The molecule has 0 spiro atoms. The number of nitrogens with one attached hydrogen (secondary N) is 1. The zero-order valence-electron chi connectivity index (χ0n) is 15.2. The number of aliphatic imine (C=N–C) groups is 1. The number of likely N-dealkylation sites (tertiary alicyclic amines) is 1. The van der Waals surface area contributed by atoms with Crippen LogP contribution in [0.4, 0.5) is 0 Å². The van der Waals surface area contributed by atoms with Crippen molar-refractivity contribution in [1.82, 2.24) is 10.2 Å². The number of guanidine groups is 1. The molecule has 2 aliphatic rings. The van der Waals surface area contributed by atoms with Crippen molar-refractivity contribution in [2.75, 3.05) is 53.6 Å². The molecule has 5 heteroatoms. The first-order valence-corrected chi connectivity index (χ1v) is 9.26. The Morgan fingerprint density at radius 3 is 2.78 bits per heavy atom. The van der Waals surface area contributed by atoms with Crippen LogP contribution in [0.2, 0.25) is 0 Å². The van der Waals surface area contributed by atoms with E-state index in [9.17, 15) is 0 Å². The zero-order valence-corrected chi connectivity index (χ0v) is 15.2. The molecule has 23 heavy (non-hydrogen) atoms. The van der Waals surface area contributed by atoms with Crippen LogP contribution in [0.1, 0.15) is 39.0 Å². The van der Waals surface area contributed by atoms with Crippen molar-refractivity contribution >= 4 is 5.96 Å². The highest BCUT2D eigenvalue weighted by Crippen LogP contribution is 2.29. The van der Waals surface area contributed by atoms with Crippen LogP contribution in [0.3, 0.4) is 0 Å². The quantitative estimate of drug-likeness (QED) is 0.443. The standard InChI is InChI=1S/C18H35N3O2/c1-15-6-4-5-7-17(15)12-20-18(19-2)21-9-8-16(13-21)14-23-11-10-22-3/h15-17H,4-14H2,1-3H3,(H,19,20). The van der Waals surface area contributed by atoms with Gasteiger partial charge in [0.2, 0.25) is 0 Å². The normalized spacial score (nSPS) is 29.1. The highest BCUT2D eigenvalue weighted by Gasteiger charge is 2.26. The zero-order chi connectivity index (χ0) is 16.5. The van der Waals surface area contributed by atoms with Crippen LogP contribution in [0.5, 0.6) is 0 Å². The molecule has 1 saturated carbocycles. The summed E-state index contributed by atoms with van der Waals surface area (Å²) < 4.78 is 10.7. The molecule has 2 rings (SSSR count). The Morgan fingerprint density at radius 2 is 2.04 bits per heavy atom. The van der Waals surface area contributed by atoms with Crippen LogP contribution in [-0.2, 0) is 9.47 Å². The average molecular weight is 325 g/mol. The molecule has 0 radical (unpaired) electrons.